The van der Waals surface area contributed by atoms with E-state index >= 15 is 0 Å². The quantitative estimate of drug-likeness (QED) is 0.887. The second-order valence-corrected chi connectivity index (χ2v) is 5.67. The number of benzene rings is 1. The van der Waals surface area contributed by atoms with Crippen LogP contribution in [-0.2, 0) is 4.79 Å². The van der Waals surface area contributed by atoms with E-state index in [4.69, 9.17) is 5.73 Å². The van der Waals surface area contributed by atoms with E-state index in [1.807, 2.05) is 18.2 Å². The number of carbonyl (C=O) groups excluding carboxylic acids is 1. The molecule has 2 aromatic rings. The van der Waals surface area contributed by atoms with Crippen molar-refractivity contribution in [3.05, 3.63) is 23.7 Å². The molecule has 0 spiro atoms. The summed E-state index contributed by atoms with van der Waals surface area (Å²) in [5.41, 5.74) is 9.53. The van der Waals surface area contributed by atoms with Crippen LogP contribution in [0.1, 0.15) is 19.3 Å². The van der Waals surface area contributed by atoms with E-state index < -0.39 is 0 Å². The fraction of sp³-hybridized carbons (Fsp3) is 0.385. The first kappa shape index (κ1) is 11.6. The second kappa shape index (κ2) is 4.66. The number of nitrogens with two attached hydrogens (primary N) is 1. The van der Waals surface area contributed by atoms with Gasteiger partial charge in [0.15, 0.2) is 0 Å². The van der Waals surface area contributed by atoms with E-state index in [0.717, 1.165) is 15.9 Å². The number of hydrogen-bond donors (Lipinski definition) is 2. The summed E-state index contributed by atoms with van der Waals surface area (Å²) in [4.78, 5) is 16.0. The highest BCUT2D eigenvalue weighted by molar-refractivity contribution is 7.16. The lowest BCUT2D eigenvalue weighted by atomic mass is 10.1. The third kappa shape index (κ3) is 2.52. The summed E-state index contributed by atoms with van der Waals surface area (Å²) in [6, 6.07) is 5.76. The molecule has 1 aliphatic carbocycles. The molecule has 1 aromatic carbocycles. The number of anilines is 1. The third-order valence-corrected chi connectivity index (χ3v) is 4.06. The smallest absolute Gasteiger partial charge is 0.225 e. The van der Waals surface area contributed by atoms with Gasteiger partial charge in [-0.3, -0.25) is 4.79 Å². The molecular formula is C13H15N3OS. The van der Waals surface area contributed by atoms with Crippen molar-refractivity contribution in [3.8, 4) is 0 Å². The van der Waals surface area contributed by atoms with Crippen molar-refractivity contribution < 1.29 is 4.79 Å². The maximum Gasteiger partial charge on any atom is 0.225 e. The fourth-order valence-corrected chi connectivity index (χ4v) is 2.77. The standard InChI is InChI=1S/C13H15N3OS/c14-10(8-1-2-8)6-13(17)16-9-3-4-11-12(5-9)18-7-15-11/h3-5,7-8,10H,1-2,6,14H2,(H,16,17). The summed E-state index contributed by atoms with van der Waals surface area (Å²) >= 11 is 1.57. The molecule has 1 fully saturated rings. The fourth-order valence-electron chi connectivity index (χ4n) is 2.05. The molecule has 3 rings (SSSR count). The first-order valence-electron chi connectivity index (χ1n) is 6.11. The van der Waals surface area contributed by atoms with Crippen LogP contribution in [0.3, 0.4) is 0 Å². The highest BCUT2D eigenvalue weighted by Gasteiger charge is 2.29. The van der Waals surface area contributed by atoms with Gasteiger partial charge in [0.2, 0.25) is 5.91 Å². The van der Waals surface area contributed by atoms with E-state index in [1.165, 1.54) is 12.8 Å². The van der Waals surface area contributed by atoms with Crippen molar-refractivity contribution >= 4 is 33.1 Å². The predicted molar refractivity (Wildman–Crippen MR) is 73.6 cm³/mol. The van der Waals surface area contributed by atoms with E-state index in [-0.39, 0.29) is 11.9 Å². The zero-order valence-corrected chi connectivity index (χ0v) is 10.7. The van der Waals surface area contributed by atoms with Gasteiger partial charge in [0.1, 0.15) is 0 Å². The monoisotopic (exact) mass is 261 g/mol. The number of hydrogen-bond acceptors (Lipinski definition) is 4. The molecular weight excluding hydrogens is 246 g/mol. The van der Waals surface area contributed by atoms with E-state index in [9.17, 15) is 4.79 Å². The summed E-state index contributed by atoms with van der Waals surface area (Å²) < 4.78 is 1.08. The number of carbonyl (C=O) groups is 1. The Morgan fingerprint density at radius 1 is 1.56 bits per heavy atom. The van der Waals surface area contributed by atoms with Gasteiger partial charge < -0.3 is 11.1 Å². The Morgan fingerprint density at radius 2 is 2.39 bits per heavy atom. The lowest BCUT2D eigenvalue weighted by Crippen LogP contribution is -2.28. The van der Waals surface area contributed by atoms with Crippen LogP contribution in [0.2, 0.25) is 0 Å². The van der Waals surface area contributed by atoms with Crippen molar-refractivity contribution in [3.63, 3.8) is 0 Å². The average Bonchev–Trinajstić information content (AvgIpc) is 3.08. The van der Waals surface area contributed by atoms with Crippen molar-refractivity contribution in [1.82, 2.24) is 4.98 Å². The van der Waals surface area contributed by atoms with Gasteiger partial charge in [0.25, 0.3) is 0 Å². The first-order chi connectivity index (χ1) is 8.72. The van der Waals surface area contributed by atoms with Crippen LogP contribution >= 0.6 is 11.3 Å². The number of nitrogens with one attached hydrogen (secondary N) is 1. The van der Waals surface area contributed by atoms with Gasteiger partial charge in [-0.1, -0.05) is 0 Å². The molecule has 5 heteroatoms. The zero-order valence-electron chi connectivity index (χ0n) is 9.93. The highest BCUT2D eigenvalue weighted by atomic mass is 32.1. The number of amides is 1. The third-order valence-electron chi connectivity index (χ3n) is 3.26. The van der Waals surface area contributed by atoms with Crippen LogP contribution in [0.4, 0.5) is 5.69 Å². The number of thiazole rings is 1. The lowest BCUT2D eigenvalue weighted by Gasteiger charge is -2.10. The normalized spacial score (nSPS) is 16.7. The van der Waals surface area contributed by atoms with Gasteiger partial charge in [-0.05, 0) is 37.0 Å². The summed E-state index contributed by atoms with van der Waals surface area (Å²) in [5, 5.41) is 2.90. The Balaban J connectivity index is 1.65. The molecule has 1 aromatic heterocycles. The minimum Gasteiger partial charge on any atom is -0.327 e. The Kier molecular flexibility index (Phi) is 3.01. The van der Waals surface area contributed by atoms with Crippen molar-refractivity contribution in [1.29, 1.82) is 0 Å². The SMILES string of the molecule is NC(CC(=O)Nc1ccc2ncsc2c1)C1CC1. The van der Waals surface area contributed by atoms with Crippen molar-refractivity contribution in [2.75, 3.05) is 5.32 Å². The van der Waals surface area contributed by atoms with Crippen LogP contribution in [0.5, 0.6) is 0 Å². The highest BCUT2D eigenvalue weighted by Crippen LogP contribution is 2.33. The van der Waals surface area contributed by atoms with Gasteiger partial charge in [-0.15, -0.1) is 11.3 Å². The molecule has 1 unspecified atom stereocenters. The lowest BCUT2D eigenvalue weighted by molar-refractivity contribution is -0.116. The topological polar surface area (TPSA) is 68.0 Å². The predicted octanol–water partition coefficient (Wildman–Crippen LogP) is 2.36. The van der Waals surface area contributed by atoms with E-state index in [2.05, 4.69) is 10.3 Å². The molecule has 0 saturated heterocycles. The molecule has 0 aliphatic heterocycles. The molecule has 3 N–H and O–H groups in total. The van der Waals surface area contributed by atoms with Crippen LogP contribution in [0.25, 0.3) is 10.2 Å². The van der Waals surface area contributed by atoms with Gasteiger partial charge >= 0.3 is 0 Å². The first-order valence-corrected chi connectivity index (χ1v) is 6.99. The molecule has 1 heterocycles. The van der Waals surface area contributed by atoms with Crippen LogP contribution in [0.15, 0.2) is 23.7 Å². The second-order valence-electron chi connectivity index (χ2n) is 4.79. The van der Waals surface area contributed by atoms with Gasteiger partial charge in [0, 0.05) is 18.2 Å². The largest absolute Gasteiger partial charge is 0.327 e. The number of rotatable bonds is 4. The molecule has 0 radical (unpaired) electrons. The Morgan fingerprint density at radius 3 is 3.17 bits per heavy atom. The molecule has 0 bridgehead atoms. The van der Waals surface area contributed by atoms with Crippen LogP contribution < -0.4 is 11.1 Å². The Bertz CT molecular complexity index is 576. The van der Waals surface area contributed by atoms with Gasteiger partial charge in [0.05, 0.1) is 15.7 Å². The van der Waals surface area contributed by atoms with Crippen molar-refractivity contribution in [2.24, 2.45) is 11.7 Å². The minimum atomic E-state index is -0.00161. The summed E-state index contributed by atoms with van der Waals surface area (Å²) in [6.45, 7) is 0. The van der Waals surface area contributed by atoms with E-state index in [1.54, 1.807) is 16.8 Å². The Hall–Kier alpha value is -1.46. The van der Waals surface area contributed by atoms with Crippen LogP contribution in [0, 0.1) is 5.92 Å². The summed E-state index contributed by atoms with van der Waals surface area (Å²) in [7, 11) is 0. The zero-order chi connectivity index (χ0) is 12.5. The molecule has 1 saturated carbocycles. The minimum absolute atomic E-state index is 0.00161. The summed E-state index contributed by atoms with van der Waals surface area (Å²) in [5.74, 6) is 0.554. The molecule has 1 atom stereocenters. The number of nitrogens with zero attached hydrogens (tertiary/aromatic N) is 1. The molecule has 1 aliphatic rings. The maximum absolute atomic E-state index is 11.8. The maximum atomic E-state index is 11.8. The molecule has 4 nitrogen and oxygen atoms in total. The van der Waals surface area contributed by atoms with Gasteiger partial charge in [-0.25, -0.2) is 4.98 Å². The molecule has 18 heavy (non-hydrogen) atoms. The number of fused-ring (bicyclic) bond motifs is 1. The number of aromatic nitrogens is 1. The van der Waals surface area contributed by atoms with Gasteiger partial charge in [-0.2, -0.15) is 0 Å². The molecule has 94 valence electrons. The summed E-state index contributed by atoms with van der Waals surface area (Å²) in [6.07, 6.45) is 2.74. The Labute approximate surface area is 109 Å². The van der Waals surface area contributed by atoms with E-state index in [0.29, 0.717) is 12.3 Å². The average molecular weight is 261 g/mol. The van der Waals surface area contributed by atoms with Crippen molar-refractivity contribution in [2.45, 2.75) is 25.3 Å². The van der Waals surface area contributed by atoms with Crippen LogP contribution in [-0.4, -0.2) is 16.9 Å². The molecule has 1 amide bonds.